The van der Waals surface area contributed by atoms with Crippen molar-refractivity contribution >= 4 is 17.4 Å². The van der Waals surface area contributed by atoms with Crippen molar-refractivity contribution in [1.29, 1.82) is 0 Å². The molecule has 1 N–H and O–H groups in total. The number of imidazole rings is 1. The first-order valence-corrected chi connectivity index (χ1v) is 9.13. The second kappa shape index (κ2) is 5.87. The first-order valence-electron chi connectivity index (χ1n) is 9.13. The highest BCUT2D eigenvalue weighted by Crippen LogP contribution is 2.43. The molecular formula is C19H19N7O. The first-order chi connectivity index (χ1) is 13.2. The number of nitrogens with one attached hydrogen (secondary N) is 1. The van der Waals surface area contributed by atoms with E-state index in [4.69, 9.17) is 4.98 Å². The lowest BCUT2D eigenvalue weighted by Crippen LogP contribution is -2.56. The van der Waals surface area contributed by atoms with E-state index >= 15 is 0 Å². The van der Waals surface area contributed by atoms with Crippen LogP contribution in [0.15, 0.2) is 43.1 Å². The van der Waals surface area contributed by atoms with Crippen LogP contribution < -0.4 is 10.2 Å². The molecule has 0 bridgehead atoms. The van der Waals surface area contributed by atoms with Gasteiger partial charge >= 0.3 is 0 Å². The highest BCUT2D eigenvalue weighted by atomic mass is 16.2. The second-order valence-electron chi connectivity index (χ2n) is 6.86. The van der Waals surface area contributed by atoms with Gasteiger partial charge in [0, 0.05) is 36.9 Å². The molecule has 27 heavy (non-hydrogen) atoms. The molecule has 1 saturated heterocycles. The van der Waals surface area contributed by atoms with Crippen molar-refractivity contribution in [3.05, 3.63) is 43.1 Å². The van der Waals surface area contributed by atoms with Crippen LogP contribution in [-0.2, 0) is 4.79 Å². The molecule has 1 unspecified atom stereocenters. The number of hydrogen-bond donors (Lipinski definition) is 1. The molecule has 2 aliphatic rings. The maximum absolute atomic E-state index is 12.7. The number of rotatable bonds is 3. The van der Waals surface area contributed by atoms with Crippen molar-refractivity contribution in [2.45, 2.75) is 31.7 Å². The Morgan fingerprint density at radius 3 is 2.89 bits per heavy atom. The van der Waals surface area contributed by atoms with E-state index in [0.29, 0.717) is 11.6 Å². The third-order valence-electron chi connectivity index (χ3n) is 5.55. The predicted octanol–water partition coefficient (Wildman–Crippen LogP) is 2.43. The molecule has 0 radical (unpaired) electrons. The first kappa shape index (κ1) is 15.9. The molecular weight excluding hydrogens is 342 g/mol. The fraction of sp³-hybridized carbons (Fsp3) is 0.316. The van der Waals surface area contributed by atoms with Gasteiger partial charge < -0.3 is 10.2 Å². The molecule has 2 aliphatic heterocycles. The number of hydrogen-bond acceptors (Lipinski definition) is 6. The van der Waals surface area contributed by atoms with Crippen molar-refractivity contribution in [3.8, 4) is 17.3 Å². The van der Waals surface area contributed by atoms with Crippen LogP contribution in [0.25, 0.3) is 17.3 Å². The molecule has 5 rings (SSSR count). The summed E-state index contributed by atoms with van der Waals surface area (Å²) in [7, 11) is 0. The quantitative estimate of drug-likeness (QED) is 0.771. The van der Waals surface area contributed by atoms with E-state index in [-0.39, 0.29) is 5.91 Å². The Morgan fingerprint density at radius 1 is 1.22 bits per heavy atom. The highest BCUT2D eigenvalue weighted by molar-refractivity contribution is 6.06. The van der Waals surface area contributed by atoms with E-state index in [1.54, 1.807) is 24.8 Å². The summed E-state index contributed by atoms with van der Waals surface area (Å²) in [6.07, 6.45) is 11.3. The van der Waals surface area contributed by atoms with Crippen LogP contribution in [0.2, 0.25) is 0 Å². The van der Waals surface area contributed by atoms with Crippen LogP contribution in [0.5, 0.6) is 0 Å². The average molecular weight is 361 g/mol. The lowest BCUT2D eigenvalue weighted by atomic mass is 9.90. The Balaban J connectivity index is 1.62. The molecule has 1 fully saturated rings. The Hall–Kier alpha value is -3.29. The van der Waals surface area contributed by atoms with E-state index in [2.05, 4.69) is 32.1 Å². The normalized spacial score (nSPS) is 20.9. The zero-order valence-corrected chi connectivity index (χ0v) is 15.0. The van der Waals surface area contributed by atoms with E-state index in [1.807, 2.05) is 22.9 Å². The molecule has 1 amide bonds. The third-order valence-corrected chi connectivity index (χ3v) is 5.55. The summed E-state index contributed by atoms with van der Waals surface area (Å²) in [4.78, 5) is 32.7. The van der Waals surface area contributed by atoms with Gasteiger partial charge in [-0.1, -0.05) is 6.92 Å². The molecule has 1 atom stereocenters. The molecule has 3 aromatic rings. The monoisotopic (exact) mass is 361 g/mol. The van der Waals surface area contributed by atoms with Gasteiger partial charge in [-0.2, -0.15) is 4.98 Å². The van der Waals surface area contributed by atoms with Crippen molar-refractivity contribution < 1.29 is 4.79 Å². The molecule has 5 heterocycles. The molecule has 0 saturated carbocycles. The van der Waals surface area contributed by atoms with Gasteiger partial charge in [-0.15, -0.1) is 0 Å². The SMILES string of the molecule is CCC12CCCN1c1nc(-n3ccnc3-c3ccncc3)ncc1NC2=O. The van der Waals surface area contributed by atoms with Gasteiger partial charge in [0.1, 0.15) is 17.1 Å². The Morgan fingerprint density at radius 2 is 2.07 bits per heavy atom. The Kier molecular flexibility index (Phi) is 3.46. The topological polar surface area (TPSA) is 88.8 Å². The lowest BCUT2D eigenvalue weighted by molar-refractivity contribution is -0.121. The molecule has 0 spiro atoms. The van der Waals surface area contributed by atoms with E-state index in [9.17, 15) is 4.79 Å². The Labute approximate surface area is 156 Å². The predicted molar refractivity (Wildman–Crippen MR) is 101 cm³/mol. The number of carbonyl (C=O) groups is 1. The number of carbonyl (C=O) groups excluding carboxylic acids is 1. The van der Waals surface area contributed by atoms with Gasteiger partial charge in [0.2, 0.25) is 11.9 Å². The summed E-state index contributed by atoms with van der Waals surface area (Å²) in [5.41, 5.74) is 1.11. The lowest BCUT2D eigenvalue weighted by Gasteiger charge is -2.41. The number of fused-ring (bicyclic) bond motifs is 3. The summed E-state index contributed by atoms with van der Waals surface area (Å²) in [6, 6.07) is 3.81. The summed E-state index contributed by atoms with van der Waals surface area (Å²) < 4.78 is 1.86. The third kappa shape index (κ3) is 2.26. The minimum Gasteiger partial charge on any atom is -0.340 e. The molecule has 0 aromatic carbocycles. The molecule has 0 aliphatic carbocycles. The van der Waals surface area contributed by atoms with Gasteiger partial charge in [-0.05, 0) is 31.4 Å². The van der Waals surface area contributed by atoms with Gasteiger partial charge in [-0.3, -0.25) is 14.3 Å². The van der Waals surface area contributed by atoms with Crippen LogP contribution in [0, 0.1) is 0 Å². The molecule has 136 valence electrons. The van der Waals surface area contributed by atoms with Crippen molar-refractivity contribution in [2.24, 2.45) is 0 Å². The molecule has 8 heteroatoms. The molecule has 3 aromatic heterocycles. The van der Waals surface area contributed by atoms with E-state index < -0.39 is 5.54 Å². The molecule has 8 nitrogen and oxygen atoms in total. The zero-order valence-electron chi connectivity index (χ0n) is 15.0. The fourth-order valence-corrected chi connectivity index (χ4v) is 4.14. The van der Waals surface area contributed by atoms with Crippen LogP contribution in [0.4, 0.5) is 11.5 Å². The van der Waals surface area contributed by atoms with Gasteiger partial charge in [-0.25, -0.2) is 9.97 Å². The minimum absolute atomic E-state index is 0.0476. The number of nitrogens with zero attached hydrogens (tertiary/aromatic N) is 6. The van der Waals surface area contributed by atoms with Crippen molar-refractivity contribution in [1.82, 2.24) is 24.5 Å². The average Bonchev–Trinajstić information content (AvgIpc) is 3.37. The Bertz CT molecular complexity index is 1020. The smallest absolute Gasteiger partial charge is 0.250 e. The van der Waals surface area contributed by atoms with Gasteiger partial charge in [0.25, 0.3) is 0 Å². The summed E-state index contributed by atoms with van der Waals surface area (Å²) in [5, 5.41) is 3.00. The van der Waals surface area contributed by atoms with Crippen molar-refractivity contribution in [3.63, 3.8) is 0 Å². The van der Waals surface area contributed by atoms with Crippen LogP contribution >= 0.6 is 0 Å². The zero-order chi connectivity index (χ0) is 18.4. The summed E-state index contributed by atoms with van der Waals surface area (Å²) in [5.74, 6) is 2.12. The highest BCUT2D eigenvalue weighted by Gasteiger charge is 2.50. The van der Waals surface area contributed by atoms with Crippen LogP contribution in [-0.4, -0.2) is 42.5 Å². The number of amides is 1. The van der Waals surface area contributed by atoms with E-state index in [0.717, 1.165) is 43.0 Å². The van der Waals surface area contributed by atoms with E-state index in [1.165, 1.54) is 0 Å². The maximum Gasteiger partial charge on any atom is 0.250 e. The number of aromatic nitrogens is 5. The largest absolute Gasteiger partial charge is 0.340 e. The van der Waals surface area contributed by atoms with Crippen LogP contribution in [0.3, 0.4) is 0 Å². The van der Waals surface area contributed by atoms with Gasteiger partial charge in [0.05, 0.1) is 6.20 Å². The summed E-state index contributed by atoms with van der Waals surface area (Å²) in [6.45, 7) is 2.88. The second-order valence-corrected chi connectivity index (χ2v) is 6.86. The minimum atomic E-state index is -0.499. The number of anilines is 2. The fourth-order valence-electron chi connectivity index (χ4n) is 4.14. The summed E-state index contributed by atoms with van der Waals surface area (Å²) >= 11 is 0. The standard InChI is InChI=1S/C19H19N7O/c1-2-19-6-3-10-26(19)16-14(23-17(19)27)12-22-18(24-16)25-11-9-21-15(25)13-4-7-20-8-5-13/h4-5,7-9,11-12H,2-3,6,10H2,1H3,(H,23,27). The number of pyridine rings is 1. The maximum atomic E-state index is 12.7. The van der Waals surface area contributed by atoms with Gasteiger partial charge in [0.15, 0.2) is 5.82 Å². The van der Waals surface area contributed by atoms with Crippen LogP contribution in [0.1, 0.15) is 26.2 Å². The van der Waals surface area contributed by atoms with Crippen molar-refractivity contribution in [2.75, 3.05) is 16.8 Å².